The SMILES string of the molecule is CC(CC=O)(N[S@+]([O-])C(C)(C)C)c1ccccc1F. The summed E-state index contributed by atoms with van der Waals surface area (Å²) in [6, 6.07) is 6.22. The van der Waals surface area contributed by atoms with Crippen molar-refractivity contribution in [2.24, 2.45) is 0 Å². The molecule has 0 amide bonds. The van der Waals surface area contributed by atoms with Gasteiger partial charge in [-0.15, -0.1) is 4.72 Å². The molecule has 3 nitrogen and oxygen atoms in total. The van der Waals surface area contributed by atoms with E-state index >= 15 is 0 Å². The average molecular weight is 285 g/mol. The molecule has 2 atom stereocenters. The van der Waals surface area contributed by atoms with Crippen LogP contribution in [0.5, 0.6) is 0 Å². The predicted octanol–water partition coefficient (Wildman–Crippen LogP) is 2.68. The van der Waals surface area contributed by atoms with Crippen molar-refractivity contribution in [2.75, 3.05) is 0 Å². The molecule has 1 aromatic rings. The maximum Gasteiger partial charge on any atom is 0.136 e. The molecule has 0 saturated heterocycles. The first-order chi connectivity index (χ1) is 8.70. The van der Waals surface area contributed by atoms with E-state index in [1.54, 1.807) is 25.1 Å². The lowest BCUT2D eigenvalue weighted by Gasteiger charge is -2.34. The predicted molar refractivity (Wildman–Crippen MR) is 75.5 cm³/mol. The highest BCUT2D eigenvalue weighted by molar-refractivity contribution is 7.90. The molecule has 0 fully saturated rings. The Morgan fingerprint density at radius 3 is 2.37 bits per heavy atom. The number of nitrogens with one attached hydrogen (secondary N) is 1. The first kappa shape index (κ1) is 16.1. The Morgan fingerprint density at radius 1 is 1.32 bits per heavy atom. The van der Waals surface area contributed by atoms with Gasteiger partial charge in [-0.05, 0) is 33.8 Å². The lowest BCUT2D eigenvalue weighted by Crippen LogP contribution is -2.50. The van der Waals surface area contributed by atoms with Crippen LogP contribution >= 0.6 is 0 Å². The maximum atomic E-state index is 13.9. The van der Waals surface area contributed by atoms with Crippen molar-refractivity contribution in [2.45, 2.75) is 44.4 Å². The van der Waals surface area contributed by atoms with Gasteiger partial charge in [-0.1, -0.05) is 18.2 Å². The molecule has 0 aliphatic heterocycles. The van der Waals surface area contributed by atoms with E-state index in [1.165, 1.54) is 6.07 Å². The van der Waals surface area contributed by atoms with E-state index < -0.39 is 27.5 Å². The molecule has 0 heterocycles. The van der Waals surface area contributed by atoms with Crippen LogP contribution in [-0.4, -0.2) is 15.6 Å². The van der Waals surface area contributed by atoms with E-state index in [-0.39, 0.29) is 6.42 Å². The van der Waals surface area contributed by atoms with Crippen molar-refractivity contribution in [3.63, 3.8) is 0 Å². The Bertz CT molecular complexity index is 447. The summed E-state index contributed by atoms with van der Waals surface area (Å²) < 4.78 is 28.5. The normalized spacial score (nSPS) is 16.7. The highest BCUT2D eigenvalue weighted by Gasteiger charge is 2.38. The standard InChI is InChI=1S/C14H20FNO2S/c1-13(2,3)19(18)16-14(4,9-10-17)11-7-5-6-8-12(11)15/h5-8,10,16H,9H2,1-4H3/t14?,19-/m1/s1. The summed E-state index contributed by atoms with van der Waals surface area (Å²) in [4.78, 5) is 10.9. The molecule has 1 N–H and O–H groups in total. The smallest absolute Gasteiger partial charge is 0.136 e. The molecule has 0 bridgehead atoms. The second kappa shape index (κ2) is 6.03. The Hall–Kier alpha value is -0.910. The Balaban J connectivity index is 3.11. The molecule has 1 unspecified atom stereocenters. The largest absolute Gasteiger partial charge is 0.598 e. The Labute approximate surface area is 116 Å². The van der Waals surface area contributed by atoms with E-state index in [0.717, 1.165) is 0 Å². The number of hydrogen-bond acceptors (Lipinski definition) is 3. The van der Waals surface area contributed by atoms with Gasteiger partial charge in [0.1, 0.15) is 16.9 Å². The minimum Gasteiger partial charge on any atom is -0.598 e. The molecule has 0 aliphatic rings. The molecule has 0 aromatic heterocycles. The molecule has 106 valence electrons. The second-order valence-corrected chi connectivity index (χ2v) is 7.63. The lowest BCUT2D eigenvalue weighted by atomic mass is 9.90. The topological polar surface area (TPSA) is 52.2 Å². The highest BCUT2D eigenvalue weighted by Crippen LogP contribution is 2.29. The Morgan fingerprint density at radius 2 is 1.89 bits per heavy atom. The fraction of sp³-hybridized carbons (Fsp3) is 0.500. The van der Waals surface area contributed by atoms with Crippen LogP contribution in [0.1, 0.15) is 39.7 Å². The minimum atomic E-state index is -1.39. The van der Waals surface area contributed by atoms with Gasteiger partial charge >= 0.3 is 0 Å². The average Bonchev–Trinajstić information content (AvgIpc) is 2.28. The van der Waals surface area contributed by atoms with Gasteiger partial charge in [0, 0.05) is 23.3 Å². The van der Waals surface area contributed by atoms with Crippen LogP contribution in [0, 0.1) is 5.82 Å². The zero-order valence-corrected chi connectivity index (χ0v) is 12.5. The van der Waals surface area contributed by atoms with E-state index in [0.29, 0.717) is 11.8 Å². The van der Waals surface area contributed by atoms with Gasteiger partial charge in [-0.3, -0.25) is 0 Å². The van der Waals surface area contributed by atoms with Crippen LogP contribution in [0.2, 0.25) is 0 Å². The molecule has 1 rings (SSSR count). The third-order valence-electron chi connectivity index (χ3n) is 2.83. The zero-order chi connectivity index (χ0) is 14.7. The molecular weight excluding hydrogens is 265 g/mol. The second-order valence-electron chi connectivity index (χ2n) is 5.67. The van der Waals surface area contributed by atoms with E-state index in [1.807, 2.05) is 20.8 Å². The third-order valence-corrected chi connectivity index (χ3v) is 4.58. The van der Waals surface area contributed by atoms with Crippen LogP contribution in [-0.2, 0) is 21.7 Å². The van der Waals surface area contributed by atoms with Gasteiger partial charge in [0.15, 0.2) is 0 Å². The van der Waals surface area contributed by atoms with Crippen LogP contribution in [0.15, 0.2) is 24.3 Å². The van der Waals surface area contributed by atoms with Crippen molar-refractivity contribution < 1.29 is 13.7 Å². The van der Waals surface area contributed by atoms with Crippen LogP contribution in [0.25, 0.3) is 0 Å². The first-order valence-electron chi connectivity index (χ1n) is 6.09. The summed E-state index contributed by atoms with van der Waals surface area (Å²) in [5.41, 5.74) is -0.634. The van der Waals surface area contributed by atoms with Crippen molar-refractivity contribution in [3.05, 3.63) is 35.6 Å². The zero-order valence-electron chi connectivity index (χ0n) is 11.7. The van der Waals surface area contributed by atoms with Crippen LogP contribution in [0.4, 0.5) is 4.39 Å². The maximum absolute atomic E-state index is 13.9. The van der Waals surface area contributed by atoms with Gasteiger partial charge < -0.3 is 9.35 Å². The monoisotopic (exact) mass is 285 g/mol. The molecule has 0 saturated carbocycles. The third kappa shape index (κ3) is 4.03. The first-order valence-corrected chi connectivity index (χ1v) is 7.24. The molecule has 0 spiro atoms. The summed E-state index contributed by atoms with van der Waals surface area (Å²) in [6.07, 6.45) is 0.759. The van der Waals surface area contributed by atoms with E-state index in [9.17, 15) is 13.7 Å². The van der Waals surface area contributed by atoms with Gasteiger partial charge in [0.2, 0.25) is 0 Å². The molecule has 0 aliphatic carbocycles. The molecule has 1 aromatic carbocycles. The van der Waals surface area contributed by atoms with Gasteiger partial charge in [-0.2, -0.15) is 0 Å². The van der Waals surface area contributed by atoms with Crippen molar-refractivity contribution >= 4 is 17.6 Å². The molecule has 19 heavy (non-hydrogen) atoms. The fourth-order valence-electron chi connectivity index (χ4n) is 1.64. The number of hydrogen-bond donors (Lipinski definition) is 1. The summed E-state index contributed by atoms with van der Waals surface area (Å²) in [5, 5.41) is 0. The summed E-state index contributed by atoms with van der Waals surface area (Å²) in [6.45, 7) is 7.14. The van der Waals surface area contributed by atoms with Gasteiger partial charge in [0.25, 0.3) is 0 Å². The highest BCUT2D eigenvalue weighted by atomic mass is 32.2. The van der Waals surface area contributed by atoms with Crippen molar-refractivity contribution in [1.29, 1.82) is 0 Å². The summed E-state index contributed by atoms with van der Waals surface area (Å²) >= 11 is -1.39. The lowest BCUT2D eigenvalue weighted by molar-refractivity contribution is -0.108. The van der Waals surface area contributed by atoms with Gasteiger partial charge in [-0.25, -0.2) is 4.39 Å². The number of halogens is 1. The van der Waals surface area contributed by atoms with E-state index in [2.05, 4.69) is 4.72 Å². The minimum absolute atomic E-state index is 0.0513. The number of carbonyl (C=O) groups is 1. The number of aldehydes is 1. The Kier molecular flexibility index (Phi) is 5.12. The number of carbonyl (C=O) groups excluding carboxylic acids is 1. The number of benzene rings is 1. The molecular formula is C14H20FNO2S. The quantitative estimate of drug-likeness (QED) is 0.668. The fourth-order valence-corrected chi connectivity index (χ4v) is 2.55. The van der Waals surface area contributed by atoms with Crippen LogP contribution < -0.4 is 4.72 Å². The van der Waals surface area contributed by atoms with Crippen molar-refractivity contribution in [3.8, 4) is 0 Å². The molecule has 5 heteroatoms. The van der Waals surface area contributed by atoms with Crippen LogP contribution in [0.3, 0.4) is 0 Å². The van der Waals surface area contributed by atoms with Crippen molar-refractivity contribution in [1.82, 2.24) is 4.72 Å². The summed E-state index contributed by atoms with van der Waals surface area (Å²) in [7, 11) is 0. The number of rotatable bonds is 5. The van der Waals surface area contributed by atoms with E-state index in [4.69, 9.17) is 0 Å². The summed E-state index contributed by atoms with van der Waals surface area (Å²) in [5.74, 6) is -0.412. The van der Waals surface area contributed by atoms with Gasteiger partial charge in [0.05, 0.1) is 5.54 Å². The molecule has 0 radical (unpaired) electrons.